The van der Waals surface area contributed by atoms with Crippen LogP contribution in [0.3, 0.4) is 0 Å². The molecule has 106 valence electrons. The van der Waals surface area contributed by atoms with Crippen LogP contribution >= 0.6 is 0 Å². The molecular weight excluding hydrogens is 257 g/mol. The first kappa shape index (κ1) is 15.5. The minimum Gasteiger partial charge on any atom is -0.351 e. The Kier molecular flexibility index (Phi) is 4.94. The second kappa shape index (κ2) is 6.06. The van der Waals surface area contributed by atoms with Crippen molar-refractivity contribution in [2.75, 3.05) is 13.1 Å². The summed E-state index contributed by atoms with van der Waals surface area (Å²) in [6.45, 7) is 4.51. The van der Waals surface area contributed by atoms with E-state index in [2.05, 4.69) is 5.32 Å². The summed E-state index contributed by atoms with van der Waals surface area (Å²) in [7, 11) is 0. The van der Waals surface area contributed by atoms with Crippen molar-refractivity contribution in [3.8, 4) is 0 Å². The Balaban J connectivity index is 2.77. The second-order valence-electron chi connectivity index (χ2n) is 5.11. The van der Waals surface area contributed by atoms with Gasteiger partial charge in [-0.3, -0.25) is 4.79 Å². The molecule has 0 saturated heterocycles. The predicted octanol–water partition coefficient (Wildman–Crippen LogP) is 2.21. The SMILES string of the molecule is CC(C)(CCN)CNC(=O)c1ccc(F)c(F)c1F. The highest BCUT2D eigenvalue weighted by Gasteiger charge is 2.22. The van der Waals surface area contributed by atoms with Crippen LogP contribution in [0.15, 0.2) is 12.1 Å². The highest BCUT2D eigenvalue weighted by Crippen LogP contribution is 2.19. The zero-order valence-electron chi connectivity index (χ0n) is 10.9. The van der Waals surface area contributed by atoms with Gasteiger partial charge in [0, 0.05) is 6.54 Å². The Morgan fingerprint density at radius 2 is 1.89 bits per heavy atom. The Morgan fingerprint density at radius 1 is 1.26 bits per heavy atom. The molecule has 1 rings (SSSR count). The lowest BCUT2D eigenvalue weighted by Gasteiger charge is -2.24. The minimum atomic E-state index is -1.64. The highest BCUT2D eigenvalue weighted by molar-refractivity contribution is 5.94. The van der Waals surface area contributed by atoms with Gasteiger partial charge in [0.1, 0.15) is 0 Å². The van der Waals surface area contributed by atoms with Crippen molar-refractivity contribution in [3.05, 3.63) is 35.1 Å². The molecule has 1 aromatic carbocycles. The predicted molar refractivity (Wildman–Crippen MR) is 66.1 cm³/mol. The van der Waals surface area contributed by atoms with Gasteiger partial charge in [-0.1, -0.05) is 13.8 Å². The number of hydrogen-bond donors (Lipinski definition) is 2. The van der Waals surface area contributed by atoms with Crippen LogP contribution < -0.4 is 11.1 Å². The third kappa shape index (κ3) is 3.96. The van der Waals surface area contributed by atoms with Crippen LogP contribution in [0.5, 0.6) is 0 Å². The molecule has 0 aliphatic carbocycles. The number of halogens is 3. The topological polar surface area (TPSA) is 55.1 Å². The number of nitrogens with one attached hydrogen (secondary N) is 1. The van der Waals surface area contributed by atoms with Crippen molar-refractivity contribution in [2.45, 2.75) is 20.3 Å². The summed E-state index contributed by atoms with van der Waals surface area (Å²) < 4.78 is 39.1. The number of carbonyl (C=O) groups excluding carboxylic acids is 1. The number of benzene rings is 1. The van der Waals surface area contributed by atoms with E-state index >= 15 is 0 Å². The van der Waals surface area contributed by atoms with Crippen LogP contribution in [-0.2, 0) is 0 Å². The molecule has 0 unspecified atom stereocenters. The lowest BCUT2D eigenvalue weighted by molar-refractivity contribution is 0.0929. The van der Waals surface area contributed by atoms with Crippen molar-refractivity contribution >= 4 is 5.91 Å². The number of hydrogen-bond acceptors (Lipinski definition) is 2. The van der Waals surface area contributed by atoms with Crippen molar-refractivity contribution in [3.63, 3.8) is 0 Å². The maximum absolute atomic E-state index is 13.4. The van der Waals surface area contributed by atoms with Crippen molar-refractivity contribution in [1.82, 2.24) is 5.32 Å². The molecule has 0 aliphatic rings. The summed E-state index contributed by atoms with van der Waals surface area (Å²) in [6.07, 6.45) is 0.674. The molecule has 1 amide bonds. The van der Waals surface area contributed by atoms with Gasteiger partial charge in [-0.15, -0.1) is 0 Å². The first-order valence-electron chi connectivity index (χ1n) is 5.90. The molecule has 0 heterocycles. The maximum Gasteiger partial charge on any atom is 0.254 e. The normalized spacial score (nSPS) is 11.5. The smallest absolute Gasteiger partial charge is 0.254 e. The molecule has 0 aliphatic heterocycles. The lowest BCUT2D eigenvalue weighted by atomic mass is 9.89. The van der Waals surface area contributed by atoms with E-state index in [0.717, 1.165) is 12.1 Å². The zero-order valence-corrected chi connectivity index (χ0v) is 10.9. The van der Waals surface area contributed by atoms with Gasteiger partial charge in [0.05, 0.1) is 5.56 Å². The zero-order chi connectivity index (χ0) is 14.6. The fraction of sp³-hybridized carbons (Fsp3) is 0.462. The van der Waals surface area contributed by atoms with E-state index in [1.54, 1.807) is 0 Å². The van der Waals surface area contributed by atoms with E-state index in [1.807, 2.05) is 13.8 Å². The van der Waals surface area contributed by atoms with Gasteiger partial charge >= 0.3 is 0 Å². The largest absolute Gasteiger partial charge is 0.351 e. The second-order valence-corrected chi connectivity index (χ2v) is 5.11. The molecule has 3 N–H and O–H groups in total. The fourth-order valence-electron chi connectivity index (χ4n) is 1.60. The molecular formula is C13H17F3N2O. The Bertz CT molecular complexity index is 475. The van der Waals surface area contributed by atoms with Gasteiger partial charge in [-0.25, -0.2) is 13.2 Å². The quantitative estimate of drug-likeness (QED) is 0.809. The van der Waals surface area contributed by atoms with E-state index < -0.39 is 28.9 Å². The van der Waals surface area contributed by atoms with Crippen molar-refractivity contribution in [2.24, 2.45) is 11.1 Å². The molecule has 3 nitrogen and oxygen atoms in total. The summed E-state index contributed by atoms with van der Waals surface area (Å²) in [5.41, 5.74) is 4.67. The molecule has 0 spiro atoms. The standard InChI is InChI=1S/C13H17F3N2O/c1-13(2,5-6-17)7-18-12(19)8-3-4-9(14)11(16)10(8)15/h3-4H,5-7,17H2,1-2H3,(H,18,19). The molecule has 0 fully saturated rings. The molecule has 0 bridgehead atoms. The average molecular weight is 274 g/mol. The first-order chi connectivity index (χ1) is 8.78. The number of nitrogens with two attached hydrogens (primary N) is 1. The van der Waals surface area contributed by atoms with Gasteiger partial charge in [0.25, 0.3) is 5.91 Å². The summed E-state index contributed by atoms with van der Waals surface area (Å²) in [4.78, 5) is 11.7. The highest BCUT2D eigenvalue weighted by atomic mass is 19.2. The van der Waals surface area contributed by atoms with Crippen molar-refractivity contribution in [1.29, 1.82) is 0 Å². The van der Waals surface area contributed by atoms with Gasteiger partial charge in [-0.2, -0.15) is 0 Å². The third-order valence-electron chi connectivity index (χ3n) is 2.83. The molecule has 6 heteroatoms. The van der Waals surface area contributed by atoms with E-state index in [9.17, 15) is 18.0 Å². The minimum absolute atomic E-state index is 0.251. The van der Waals surface area contributed by atoms with Crippen molar-refractivity contribution < 1.29 is 18.0 Å². The number of amides is 1. The first-order valence-corrected chi connectivity index (χ1v) is 5.90. The molecule has 0 saturated carbocycles. The lowest BCUT2D eigenvalue weighted by Crippen LogP contribution is -2.35. The van der Waals surface area contributed by atoms with Crippen LogP contribution in [0.2, 0.25) is 0 Å². The van der Waals surface area contributed by atoms with Gasteiger partial charge in [0.15, 0.2) is 17.5 Å². The monoisotopic (exact) mass is 274 g/mol. The van der Waals surface area contributed by atoms with Crippen LogP contribution in [0.4, 0.5) is 13.2 Å². The van der Waals surface area contributed by atoms with E-state index in [-0.39, 0.29) is 12.0 Å². The Labute approximate surface area is 110 Å². The molecule has 1 aromatic rings. The molecule has 0 radical (unpaired) electrons. The van der Waals surface area contributed by atoms with Crippen LogP contribution in [-0.4, -0.2) is 19.0 Å². The van der Waals surface area contributed by atoms with Crippen LogP contribution in [0, 0.1) is 22.9 Å². The summed E-state index contributed by atoms with van der Waals surface area (Å²) in [5, 5.41) is 2.49. The average Bonchev–Trinajstić information content (AvgIpc) is 2.33. The van der Waals surface area contributed by atoms with E-state index in [1.165, 1.54) is 0 Å². The maximum atomic E-state index is 13.4. The van der Waals surface area contributed by atoms with Crippen LogP contribution in [0.1, 0.15) is 30.6 Å². The van der Waals surface area contributed by atoms with Crippen LogP contribution in [0.25, 0.3) is 0 Å². The van der Waals surface area contributed by atoms with Gasteiger partial charge in [-0.05, 0) is 30.5 Å². The molecule has 0 aromatic heterocycles. The van der Waals surface area contributed by atoms with Gasteiger partial charge < -0.3 is 11.1 Å². The van der Waals surface area contributed by atoms with Gasteiger partial charge in [0.2, 0.25) is 0 Å². The number of carbonyl (C=O) groups is 1. The third-order valence-corrected chi connectivity index (χ3v) is 2.83. The van der Waals surface area contributed by atoms with E-state index in [4.69, 9.17) is 5.73 Å². The van der Waals surface area contributed by atoms with E-state index in [0.29, 0.717) is 13.0 Å². The fourth-order valence-corrected chi connectivity index (χ4v) is 1.60. The Morgan fingerprint density at radius 3 is 2.47 bits per heavy atom. The summed E-state index contributed by atoms with van der Waals surface area (Å²) >= 11 is 0. The molecule has 0 atom stereocenters. The summed E-state index contributed by atoms with van der Waals surface area (Å²) in [5.74, 6) is -5.22. The Hall–Kier alpha value is -1.56. The molecule has 19 heavy (non-hydrogen) atoms. The summed E-state index contributed by atoms with van der Waals surface area (Å²) in [6, 6.07) is 1.64. The number of rotatable bonds is 5.